The number of rotatable bonds is 79. The first-order valence-corrected chi connectivity index (χ1v) is 54.2. The van der Waals surface area contributed by atoms with E-state index in [9.17, 15) is 13.2 Å². The zero-order valence-corrected chi connectivity index (χ0v) is 82.7. The summed E-state index contributed by atoms with van der Waals surface area (Å²) in [6, 6.07) is 41.4. The molecule has 1 atom stereocenters. The molecule has 0 aliphatic carbocycles. The normalized spacial score (nSPS) is 14.3. The number of fused-ring (bicyclic) bond motifs is 14. The van der Waals surface area contributed by atoms with Gasteiger partial charge in [0.1, 0.15) is 35.0 Å². The van der Waals surface area contributed by atoms with Gasteiger partial charge in [-0.25, -0.2) is 30.0 Å². The molecule has 35 nitrogen and oxygen atoms in total. The van der Waals surface area contributed by atoms with Crippen LogP contribution in [0.5, 0.6) is 5.75 Å². The molecule has 6 bridgehead atoms. The molecule has 0 radical (unpaired) electrons. The molecular formula is C97H145N9O26SSi2. The van der Waals surface area contributed by atoms with Gasteiger partial charge in [0, 0.05) is 50.4 Å². The van der Waals surface area contributed by atoms with Crippen LogP contribution in [0.3, 0.4) is 0 Å². The van der Waals surface area contributed by atoms with Crippen LogP contribution in [0, 0.1) is 0 Å². The van der Waals surface area contributed by atoms with E-state index in [0.717, 1.165) is 75.0 Å². The molecule has 6 heterocycles. The third-order valence-electron chi connectivity index (χ3n) is 21.4. The average Bonchev–Trinajstić information content (AvgIpc) is 1.53. The lowest BCUT2D eigenvalue weighted by molar-refractivity contribution is -0.0314. The number of unbranched alkanes of at least 4 members (excludes halogenated alkanes) is 6. The first kappa shape index (κ1) is 110. The molecule has 7 aromatic rings. The van der Waals surface area contributed by atoms with Gasteiger partial charge in [-0.05, 0) is 83.2 Å². The SMILES string of the molecule is CCCCCCCCCc1ccc(OCCOCCOCCOCCOCCOCCOCCOCCOCCOCCOCCOCCOCCOCCOCCOCCOCCOCCOCCOCCOCCCS(=O)(=O)O)cc1.CN(C)CCC[Si](C)(C)O[Si]1(O)n2c3c4ccccc4c2N=C2N=C(N=c4c5ccccc5c(n41)=NC1=NC(=N3)c3ccccc31)c1ccccc12. The fourth-order valence-electron chi connectivity index (χ4n) is 14.7. The summed E-state index contributed by atoms with van der Waals surface area (Å²) in [6.07, 6.45) is 11.6. The zero-order chi connectivity index (χ0) is 94.7. The monoisotopic (exact) mass is 1940 g/mol. The van der Waals surface area contributed by atoms with Crippen LogP contribution in [0.4, 0.5) is 11.6 Å². The van der Waals surface area contributed by atoms with Crippen LogP contribution in [-0.4, -0.2) is 369 Å². The second-order valence-electron chi connectivity index (χ2n) is 32.7. The molecule has 11 rings (SSSR count). The molecule has 0 saturated carbocycles. The number of benzene rings is 5. The molecular weight excluding hydrogens is 1800 g/mol. The smallest absolute Gasteiger partial charge is 0.491 e. The third kappa shape index (κ3) is 40.4. The number of hydrogen-bond donors (Lipinski definition) is 2. The van der Waals surface area contributed by atoms with Gasteiger partial charge in [0.15, 0.2) is 31.7 Å². The van der Waals surface area contributed by atoms with Gasteiger partial charge in [0.25, 0.3) is 10.1 Å². The summed E-state index contributed by atoms with van der Waals surface area (Å²) >= 11 is 0. The lowest BCUT2D eigenvalue weighted by atomic mass is 10.0. The fourth-order valence-corrected chi connectivity index (χ4v) is 22.2. The third-order valence-corrected chi connectivity index (χ3v) is 29.1. The Morgan fingerprint density at radius 2 is 0.607 bits per heavy atom. The minimum atomic E-state index is -4.51. The van der Waals surface area contributed by atoms with Crippen LogP contribution < -0.4 is 15.7 Å². The molecule has 4 aliphatic heterocycles. The van der Waals surface area contributed by atoms with Gasteiger partial charge >= 0.3 is 8.88 Å². The Morgan fingerprint density at radius 1 is 0.326 bits per heavy atom. The van der Waals surface area contributed by atoms with E-state index in [4.69, 9.17) is 138 Å². The highest BCUT2D eigenvalue weighted by Gasteiger charge is 2.53. The van der Waals surface area contributed by atoms with E-state index < -0.39 is 27.3 Å². The fraction of sp³-hybridized carbons (Fsp3) is 0.608. The second-order valence-corrected chi connectivity index (χ2v) is 41.2. The van der Waals surface area contributed by atoms with Gasteiger partial charge in [-0.1, -0.05) is 155 Å². The number of nitrogens with zero attached hydrogens (tertiary/aromatic N) is 9. The second kappa shape index (κ2) is 64.8. The standard InChI is InChI=1S/C58H110O24S.C39H35N9O2Si2/c1-2-3-4-5-6-7-8-10-57-11-13-58(14-12-57)82-55-54-81-53-52-80-51-50-79-49-48-78-47-46-77-45-44-76-43-42-75-41-40-74-39-38-73-37-36-72-35-34-71-33-32-70-31-30-69-29-28-68-27-26-67-25-24-66-23-22-65-21-20-64-19-18-63-17-16-62-15-9-56-83(59,60)61;1-46(2)22-13-23-51(3,4)50-52(49)47-36-28-18-9-10-19-29(28)38(47)44-34-26-16-7-8-17-27(26)35(41-34)45-39-31-21-12-11-20-30(31)37(48(39)52)43-33-25-15-6-5-14-24(25)32(40-33)42-36/h11-14H,2-10,15-56H2,1H3,(H,59,60,61);5-12,14-21,49H,13,22-23H2,1-4H3. The van der Waals surface area contributed by atoms with Crippen molar-refractivity contribution in [3.63, 3.8) is 0 Å². The van der Waals surface area contributed by atoms with Crippen molar-refractivity contribution >= 4 is 83.8 Å². The molecule has 1 unspecified atom stereocenters. The maximum Gasteiger partial charge on any atom is 0.589 e. The van der Waals surface area contributed by atoms with Crippen molar-refractivity contribution < 1.29 is 121 Å². The molecule has 0 fully saturated rings. The van der Waals surface area contributed by atoms with Crippen molar-refractivity contribution in [2.24, 2.45) is 30.0 Å². The van der Waals surface area contributed by atoms with Crippen molar-refractivity contribution in [3.8, 4) is 5.75 Å². The van der Waals surface area contributed by atoms with Crippen molar-refractivity contribution in [2.75, 3.05) is 297 Å². The Balaban J connectivity index is 0.000000305. The van der Waals surface area contributed by atoms with E-state index in [0.29, 0.717) is 310 Å². The molecule has 2 aromatic heterocycles. The summed E-state index contributed by atoms with van der Waals surface area (Å²) in [5, 5.41) is 3.28. The van der Waals surface area contributed by atoms with Crippen molar-refractivity contribution in [1.82, 2.24) is 13.4 Å². The van der Waals surface area contributed by atoms with Gasteiger partial charge in [0.2, 0.25) is 0 Å². The number of ether oxygens (including phenoxy) is 21. The summed E-state index contributed by atoms with van der Waals surface area (Å²) in [7, 11) is -6.94. The van der Waals surface area contributed by atoms with Crippen LogP contribution in [0.2, 0.25) is 19.1 Å². The van der Waals surface area contributed by atoms with Crippen LogP contribution >= 0.6 is 0 Å². The summed E-state index contributed by atoms with van der Waals surface area (Å²) in [4.78, 5) is 47.8. The molecule has 5 aromatic carbocycles. The maximum absolute atomic E-state index is 14.1. The van der Waals surface area contributed by atoms with E-state index in [1.165, 1.54) is 50.5 Å². The van der Waals surface area contributed by atoms with E-state index in [1.54, 1.807) is 0 Å². The Morgan fingerprint density at radius 3 is 0.919 bits per heavy atom. The van der Waals surface area contributed by atoms with Gasteiger partial charge in [-0.3, -0.25) is 13.0 Å². The number of aliphatic imine (C=N–C) groups is 4. The molecule has 0 saturated heterocycles. The van der Waals surface area contributed by atoms with Crippen LogP contribution in [0.1, 0.15) is 92.5 Å². The van der Waals surface area contributed by atoms with Gasteiger partial charge in [-0.2, -0.15) is 8.42 Å². The van der Waals surface area contributed by atoms with E-state index >= 15 is 0 Å². The zero-order valence-electron chi connectivity index (χ0n) is 79.9. The molecule has 0 amide bonds. The minimum absolute atomic E-state index is 0.240. The summed E-state index contributed by atoms with van der Waals surface area (Å²) in [5.74, 6) is 3.68. The predicted octanol–water partition coefficient (Wildman–Crippen LogP) is 10.5. The maximum atomic E-state index is 14.1. The first-order chi connectivity index (χ1) is 66.2. The highest BCUT2D eigenvalue weighted by atomic mass is 32.2. The quantitative estimate of drug-likeness (QED) is 0.0203. The minimum Gasteiger partial charge on any atom is -0.491 e. The summed E-state index contributed by atoms with van der Waals surface area (Å²) in [6.45, 7) is 26.8. The molecule has 4 aliphatic rings. The Labute approximate surface area is 797 Å². The number of aryl methyl sites for hydroxylation is 1. The summed E-state index contributed by atoms with van der Waals surface area (Å²) in [5.41, 5.74) is 5.88. The van der Waals surface area contributed by atoms with Gasteiger partial charge < -0.3 is 113 Å². The molecule has 2 N–H and O–H groups in total. The molecule has 0 spiro atoms. The van der Waals surface area contributed by atoms with Crippen molar-refractivity contribution in [3.05, 3.63) is 160 Å². The van der Waals surface area contributed by atoms with Crippen LogP contribution in [0.15, 0.2) is 151 Å². The van der Waals surface area contributed by atoms with Crippen LogP contribution in [-0.2, 0) is 115 Å². The first-order valence-electron chi connectivity index (χ1n) is 47.8. The Bertz CT molecular complexity index is 4710. The lowest BCUT2D eigenvalue weighted by Crippen LogP contribution is -2.65. The predicted molar refractivity (Wildman–Crippen MR) is 521 cm³/mol. The van der Waals surface area contributed by atoms with Gasteiger partial charge in [-0.15, -0.1) is 0 Å². The van der Waals surface area contributed by atoms with Crippen molar-refractivity contribution in [1.29, 1.82) is 0 Å². The average molecular weight is 1940 g/mol. The Hall–Kier alpha value is -7.32. The van der Waals surface area contributed by atoms with Gasteiger partial charge in [0.05, 0.1) is 263 Å². The molecule has 38 heteroatoms. The van der Waals surface area contributed by atoms with Crippen molar-refractivity contribution in [2.45, 2.75) is 90.3 Å². The van der Waals surface area contributed by atoms with E-state index in [2.05, 4.69) is 63.3 Å². The highest BCUT2D eigenvalue weighted by Crippen LogP contribution is 2.44. The number of amidine groups is 4. The number of aromatic nitrogens is 2. The largest absolute Gasteiger partial charge is 0.589 e. The molecule has 135 heavy (non-hydrogen) atoms. The van der Waals surface area contributed by atoms with E-state index in [-0.39, 0.29) is 18.8 Å². The van der Waals surface area contributed by atoms with Crippen LogP contribution in [0.25, 0.3) is 21.5 Å². The molecule has 748 valence electrons. The number of hydrogen-bond acceptors (Lipinski definition) is 32. The topological polar surface area (TPSA) is 365 Å². The lowest BCUT2D eigenvalue weighted by Gasteiger charge is -2.36. The summed E-state index contributed by atoms with van der Waals surface area (Å²) < 4.78 is 157. The Kier molecular flexibility index (Phi) is 52.7. The highest BCUT2D eigenvalue weighted by molar-refractivity contribution is 7.85. The van der Waals surface area contributed by atoms with E-state index in [1.807, 2.05) is 106 Å².